The van der Waals surface area contributed by atoms with Gasteiger partial charge in [0.1, 0.15) is 12.2 Å². The Morgan fingerprint density at radius 2 is 2.15 bits per heavy atom. The number of benzene rings is 1. The van der Waals surface area contributed by atoms with E-state index in [0.717, 1.165) is 42.7 Å². The van der Waals surface area contributed by atoms with Gasteiger partial charge in [-0.25, -0.2) is 0 Å². The zero-order valence-electron chi connectivity index (χ0n) is 19.4. The van der Waals surface area contributed by atoms with Crippen LogP contribution in [0.2, 0.25) is 0 Å². The normalized spacial score (nSPS) is 35.6. The van der Waals surface area contributed by atoms with Gasteiger partial charge in [-0.05, 0) is 36.3 Å². The van der Waals surface area contributed by atoms with Gasteiger partial charge in [-0.3, -0.25) is 9.69 Å². The number of rotatable bonds is 6. The average Bonchev–Trinajstić information content (AvgIpc) is 3.18. The SMILES string of the molecule is CC[C@@H]1CN2CC[C@@]34OCCO[C@@]3(Nc3cccc(CO)c34)[C@@H]2C[C@@H]1/C(=C\OC)C(=O)CO. The smallest absolute Gasteiger partial charge is 0.188 e. The molecular weight excluding hydrogens is 424 g/mol. The first kappa shape index (κ1) is 22.8. The first-order valence-corrected chi connectivity index (χ1v) is 12.0. The van der Waals surface area contributed by atoms with Gasteiger partial charge in [0.05, 0.1) is 39.2 Å². The topological polar surface area (TPSA) is 100 Å². The molecule has 3 fully saturated rings. The predicted molar refractivity (Wildman–Crippen MR) is 121 cm³/mol. The fourth-order valence-corrected chi connectivity index (χ4v) is 6.86. The zero-order chi connectivity index (χ0) is 23.2. The number of anilines is 1. The van der Waals surface area contributed by atoms with Crippen LogP contribution >= 0.6 is 0 Å². The van der Waals surface area contributed by atoms with Gasteiger partial charge in [-0.15, -0.1) is 0 Å². The maximum absolute atomic E-state index is 12.7. The van der Waals surface area contributed by atoms with E-state index in [9.17, 15) is 15.0 Å². The Morgan fingerprint density at radius 1 is 1.33 bits per heavy atom. The molecule has 8 nitrogen and oxygen atoms in total. The van der Waals surface area contributed by atoms with Crippen molar-refractivity contribution in [2.45, 2.75) is 50.2 Å². The number of nitrogens with one attached hydrogen (secondary N) is 1. The number of carbonyl (C=O) groups excluding carboxylic acids is 1. The number of aliphatic hydroxyl groups is 2. The number of ketones is 1. The summed E-state index contributed by atoms with van der Waals surface area (Å²) in [6.45, 7) is 4.19. The summed E-state index contributed by atoms with van der Waals surface area (Å²) in [5.41, 5.74) is 1.83. The van der Waals surface area contributed by atoms with Crippen LogP contribution in [0.25, 0.3) is 0 Å². The largest absolute Gasteiger partial charge is 0.504 e. The van der Waals surface area contributed by atoms with Crippen molar-refractivity contribution in [1.82, 2.24) is 4.90 Å². The summed E-state index contributed by atoms with van der Waals surface area (Å²) in [6.07, 6.45) is 3.87. The maximum Gasteiger partial charge on any atom is 0.188 e. The third-order valence-corrected chi connectivity index (χ3v) is 8.22. The Kier molecular flexibility index (Phi) is 5.99. The van der Waals surface area contributed by atoms with E-state index in [-0.39, 0.29) is 30.3 Å². The second-order valence-corrected chi connectivity index (χ2v) is 9.54. The van der Waals surface area contributed by atoms with E-state index < -0.39 is 17.9 Å². The van der Waals surface area contributed by atoms with Gasteiger partial charge in [-0.1, -0.05) is 25.5 Å². The van der Waals surface area contributed by atoms with E-state index in [1.54, 1.807) is 0 Å². The van der Waals surface area contributed by atoms with Crippen molar-refractivity contribution in [3.05, 3.63) is 41.2 Å². The molecule has 5 atom stereocenters. The lowest BCUT2D eigenvalue weighted by Gasteiger charge is -2.61. The standard InChI is InChI=1S/C25H34N2O6/c1-3-16-12-27-8-7-24-23-17(13-28)5-4-6-20(23)26-25(24,33-10-9-32-24)22(27)11-18(16)19(15-31-2)21(30)14-29/h4-6,15-16,18,22,26,28-29H,3,7-14H2,1-2H3/b19-15+/t16-,18+,22+,24+,25+/m1/s1. The van der Waals surface area contributed by atoms with Crippen LogP contribution in [0.4, 0.5) is 5.69 Å². The third kappa shape index (κ3) is 3.19. The number of aliphatic hydroxyl groups excluding tert-OH is 2. The van der Waals surface area contributed by atoms with E-state index in [1.165, 1.54) is 13.4 Å². The fourth-order valence-electron chi connectivity index (χ4n) is 6.86. The van der Waals surface area contributed by atoms with Crippen molar-refractivity contribution in [1.29, 1.82) is 0 Å². The van der Waals surface area contributed by atoms with Crippen molar-refractivity contribution in [3.8, 4) is 0 Å². The molecule has 180 valence electrons. The van der Waals surface area contributed by atoms with Gasteiger partial charge >= 0.3 is 0 Å². The fraction of sp³-hybridized carbons (Fsp3) is 0.640. The van der Waals surface area contributed by atoms with Crippen LogP contribution in [0.3, 0.4) is 0 Å². The van der Waals surface area contributed by atoms with Crippen molar-refractivity contribution >= 4 is 11.5 Å². The first-order chi connectivity index (χ1) is 16.0. The molecule has 3 N–H and O–H groups in total. The summed E-state index contributed by atoms with van der Waals surface area (Å²) in [7, 11) is 1.54. The molecule has 4 heterocycles. The molecule has 3 saturated heterocycles. The quantitative estimate of drug-likeness (QED) is 0.438. The Hall–Kier alpha value is -1.97. The van der Waals surface area contributed by atoms with Crippen LogP contribution in [-0.2, 0) is 31.2 Å². The number of hydrogen-bond donors (Lipinski definition) is 3. The van der Waals surface area contributed by atoms with E-state index >= 15 is 0 Å². The van der Waals surface area contributed by atoms with Gasteiger partial charge in [0, 0.05) is 29.9 Å². The number of methoxy groups -OCH3 is 1. The van der Waals surface area contributed by atoms with Crippen LogP contribution in [0, 0.1) is 11.8 Å². The lowest BCUT2D eigenvalue weighted by Crippen LogP contribution is -2.75. The lowest BCUT2D eigenvalue weighted by atomic mass is 9.66. The van der Waals surface area contributed by atoms with Crippen molar-refractivity contribution < 1.29 is 29.2 Å². The monoisotopic (exact) mass is 458 g/mol. The second-order valence-electron chi connectivity index (χ2n) is 9.54. The molecule has 0 radical (unpaired) electrons. The number of Topliss-reactive ketones (excluding diaryl/α,β-unsaturated/α-hetero) is 1. The number of hydrogen-bond acceptors (Lipinski definition) is 8. The molecule has 0 saturated carbocycles. The number of ether oxygens (including phenoxy) is 3. The van der Waals surface area contributed by atoms with Crippen molar-refractivity contribution in [3.63, 3.8) is 0 Å². The molecule has 0 spiro atoms. The number of piperidine rings is 2. The molecule has 4 aliphatic heterocycles. The van der Waals surface area contributed by atoms with Crippen LogP contribution in [0.5, 0.6) is 0 Å². The number of carbonyl (C=O) groups is 1. The molecule has 5 rings (SSSR count). The summed E-state index contributed by atoms with van der Waals surface area (Å²) in [6, 6.07) is 5.87. The Morgan fingerprint density at radius 3 is 2.88 bits per heavy atom. The minimum Gasteiger partial charge on any atom is -0.504 e. The van der Waals surface area contributed by atoms with Gasteiger partial charge in [0.15, 0.2) is 11.5 Å². The maximum atomic E-state index is 12.7. The summed E-state index contributed by atoms with van der Waals surface area (Å²) >= 11 is 0. The first-order valence-electron chi connectivity index (χ1n) is 12.0. The molecule has 1 aromatic carbocycles. The highest BCUT2D eigenvalue weighted by atomic mass is 16.6. The minimum atomic E-state index is -0.811. The Labute approximate surface area is 194 Å². The van der Waals surface area contributed by atoms with Gasteiger partial charge in [0.25, 0.3) is 0 Å². The molecule has 0 unspecified atom stereocenters. The van der Waals surface area contributed by atoms with E-state index in [1.807, 2.05) is 18.2 Å². The van der Waals surface area contributed by atoms with Gasteiger partial charge in [0.2, 0.25) is 0 Å². The molecule has 0 amide bonds. The van der Waals surface area contributed by atoms with Crippen LogP contribution in [0.15, 0.2) is 30.0 Å². The molecule has 33 heavy (non-hydrogen) atoms. The highest BCUT2D eigenvalue weighted by molar-refractivity contribution is 5.96. The molecular formula is C25H34N2O6. The molecule has 1 aromatic rings. The van der Waals surface area contributed by atoms with Gasteiger partial charge < -0.3 is 29.7 Å². The highest BCUT2D eigenvalue weighted by Gasteiger charge is 2.70. The molecule has 0 aromatic heterocycles. The summed E-state index contributed by atoms with van der Waals surface area (Å²) in [4.78, 5) is 15.2. The lowest BCUT2D eigenvalue weighted by molar-refractivity contribution is -0.297. The van der Waals surface area contributed by atoms with Crippen LogP contribution in [-0.4, -0.2) is 72.7 Å². The average molecular weight is 459 g/mol. The summed E-state index contributed by atoms with van der Waals surface area (Å²) < 4.78 is 18.5. The highest BCUT2D eigenvalue weighted by Crippen LogP contribution is 2.60. The molecule has 8 heteroatoms. The molecule has 4 aliphatic rings. The summed E-state index contributed by atoms with van der Waals surface area (Å²) in [5.74, 6) is -0.0860. The van der Waals surface area contributed by atoms with E-state index in [2.05, 4.69) is 17.1 Å². The molecule has 0 aliphatic carbocycles. The van der Waals surface area contributed by atoms with Crippen molar-refractivity contribution in [2.24, 2.45) is 11.8 Å². The second kappa shape index (κ2) is 8.67. The van der Waals surface area contributed by atoms with Gasteiger partial charge in [-0.2, -0.15) is 0 Å². The zero-order valence-corrected chi connectivity index (χ0v) is 19.4. The third-order valence-electron chi connectivity index (χ3n) is 8.22. The van der Waals surface area contributed by atoms with Crippen molar-refractivity contribution in [2.75, 3.05) is 45.3 Å². The van der Waals surface area contributed by atoms with Crippen LogP contribution in [0.1, 0.15) is 37.3 Å². The minimum absolute atomic E-state index is 0.0509. The number of fused-ring (bicyclic) bond motifs is 2. The summed E-state index contributed by atoms with van der Waals surface area (Å²) in [5, 5.41) is 23.4. The van der Waals surface area contributed by atoms with Crippen LogP contribution < -0.4 is 5.32 Å². The Balaban J connectivity index is 1.60. The van der Waals surface area contributed by atoms with E-state index in [0.29, 0.717) is 25.2 Å². The molecule has 0 bridgehead atoms. The number of nitrogens with zero attached hydrogens (tertiary/aromatic N) is 1. The Bertz CT molecular complexity index is 951. The van der Waals surface area contributed by atoms with E-state index in [4.69, 9.17) is 14.2 Å². The predicted octanol–water partition coefficient (Wildman–Crippen LogP) is 1.75.